The number of H-pyrrole nitrogens is 1. The first-order chi connectivity index (χ1) is 8.92. The summed E-state index contributed by atoms with van der Waals surface area (Å²) in [6.45, 7) is 4.62. The molecule has 0 amide bonds. The summed E-state index contributed by atoms with van der Waals surface area (Å²) in [5.41, 5.74) is 2.45. The number of rotatable bonds is 7. The van der Waals surface area contributed by atoms with E-state index in [0.29, 0.717) is 6.04 Å². The van der Waals surface area contributed by atoms with Gasteiger partial charge in [0.25, 0.3) is 0 Å². The third-order valence-corrected chi connectivity index (χ3v) is 3.68. The highest BCUT2D eigenvalue weighted by Crippen LogP contribution is 2.28. The van der Waals surface area contributed by atoms with Crippen molar-refractivity contribution in [1.29, 1.82) is 0 Å². The van der Waals surface area contributed by atoms with Crippen molar-refractivity contribution >= 4 is 0 Å². The predicted molar refractivity (Wildman–Crippen MR) is 69.3 cm³/mol. The normalized spacial score (nSPS) is 23.0. The fourth-order valence-corrected chi connectivity index (χ4v) is 2.33. The van der Waals surface area contributed by atoms with Gasteiger partial charge in [-0.25, -0.2) is 4.98 Å². The number of aromatic nitrogens is 2. The van der Waals surface area contributed by atoms with E-state index in [9.17, 15) is 0 Å². The zero-order valence-electron chi connectivity index (χ0n) is 10.7. The zero-order chi connectivity index (χ0) is 12.2. The number of nitrogens with zero attached hydrogens (tertiary/aromatic N) is 1. The fraction of sp³-hybridized carbons (Fsp3) is 0.769. The Labute approximate surface area is 108 Å². The van der Waals surface area contributed by atoms with Gasteiger partial charge in [-0.3, -0.25) is 0 Å². The Hall–Kier alpha value is -0.910. The average molecular weight is 250 g/mol. The lowest BCUT2D eigenvalue weighted by Crippen LogP contribution is -2.43. The summed E-state index contributed by atoms with van der Waals surface area (Å²) in [4.78, 5) is 7.51. The van der Waals surface area contributed by atoms with Gasteiger partial charge in [-0.2, -0.15) is 0 Å². The van der Waals surface area contributed by atoms with Crippen molar-refractivity contribution in [3.63, 3.8) is 0 Å². The molecule has 0 bridgehead atoms. The van der Waals surface area contributed by atoms with Gasteiger partial charge in [0.05, 0.1) is 24.3 Å². The Morgan fingerprint density at radius 1 is 1.44 bits per heavy atom. The van der Waals surface area contributed by atoms with E-state index < -0.39 is 0 Å². The number of ether oxygens (including phenoxy) is 1. The Balaban J connectivity index is 1.27. The molecule has 1 fully saturated rings. The molecule has 0 spiro atoms. The summed E-state index contributed by atoms with van der Waals surface area (Å²) in [5.74, 6) is 0.864. The molecule has 1 aliphatic carbocycles. The summed E-state index contributed by atoms with van der Waals surface area (Å²) in [6.07, 6.45) is 5.53. The molecule has 2 aliphatic rings. The van der Waals surface area contributed by atoms with E-state index in [0.717, 1.165) is 45.2 Å². The van der Waals surface area contributed by atoms with Gasteiger partial charge in [0, 0.05) is 38.7 Å². The van der Waals surface area contributed by atoms with Gasteiger partial charge in [0.1, 0.15) is 0 Å². The maximum absolute atomic E-state index is 5.59. The van der Waals surface area contributed by atoms with Gasteiger partial charge >= 0.3 is 0 Å². The van der Waals surface area contributed by atoms with Crippen LogP contribution in [0.15, 0.2) is 6.33 Å². The van der Waals surface area contributed by atoms with Gasteiger partial charge < -0.3 is 20.4 Å². The highest BCUT2D eigenvalue weighted by atomic mass is 16.5. The van der Waals surface area contributed by atoms with Crippen LogP contribution in [0.25, 0.3) is 0 Å². The third kappa shape index (κ3) is 3.31. The number of hydrogen-bond donors (Lipinski definition) is 3. The minimum atomic E-state index is 0.490. The first-order valence-corrected chi connectivity index (χ1v) is 6.95. The molecule has 5 nitrogen and oxygen atoms in total. The lowest BCUT2D eigenvalue weighted by Gasteiger charge is -2.23. The Morgan fingerprint density at radius 3 is 3.28 bits per heavy atom. The van der Waals surface area contributed by atoms with Crippen LogP contribution in [0, 0.1) is 5.92 Å². The van der Waals surface area contributed by atoms with E-state index in [1.807, 2.05) is 0 Å². The number of imidazole rings is 1. The topological polar surface area (TPSA) is 62.0 Å². The van der Waals surface area contributed by atoms with Crippen LogP contribution in [-0.4, -0.2) is 42.3 Å². The second-order valence-corrected chi connectivity index (χ2v) is 5.33. The third-order valence-electron chi connectivity index (χ3n) is 3.68. The molecule has 18 heavy (non-hydrogen) atoms. The summed E-state index contributed by atoms with van der Waals surface area (Å²) < 4.78 is 5.59. The largest absolute Gasteiger partial charge is 0.380 e. The molecule has 3 N–H and O–H groups in total. The van der Waals surface area contributed by atoms with Gasteiger partial charge in [0.15, 0.2) is 0 Å². The van der Waals surface area contributed by atoms with Crippen LogP contribution in [-0.2, 0) is 17.7 Å². The minimum absolute atomic E-state index is 0.490. The first-order valence-electron chi connectivity index (χ1n) is 6.95. The van der Waals surface area contributed by atoms with E-state index in [4.69, 9.17) is 4.74 Å². The second kappa shape index (κ2) is 5.82. The van der Waals surface area contributed by atoms with Crippen molar-refractivity contribution in [3.8, 4) is 0 Å². The average Bonchev–Trinajstić information content (AvgIpc) is 3.09. The van der Waals surface area contributed by atoms with Crippen molar-refractivity contribution in [1.82, 2.24) is 20.6 Å². The molecule has 1 atom stereocenters. The van der Waals surface area contributed by atoms with Crippen LogP contribution in [0.1, 0.15) is 24.2 Å². The molecule has 0 radical (unpaired) electrons. The Morgan fingerprint density at radius 2 is 2.39 bits per heavy atom. The van der Waals surface area contributed by atoms with E-state index >= 15 is 0 Å². The lowest BCUT2D eigenvalue weighted by molar-refractivity contribution is 0.125. The highest BCUT2D eigenvalue weighted by Gasteiger charge is 2.21. The molecule has 3 rings (SSSR count). The molecule has 0 saturated heterocycles. The summed E-state index contributed by atoms with van der Waals surface area (Å²) in [5, 5.41) is 6.95. The van der Waals surface area contributed by atoms with Gasteiger partial charge in [0.2, 0.25) is 0 Å². The van der Waals surface area contributed by atoms with Crippen molar-refractivity contribution in [2.75, 3.05) is 26.3 Å². The van der Waals surface area contributed by atoms with E-state index in [2.05, 4.69) is 20.6 Å². The van der Waals surface area contributed by atoms with Crippen molar-refractivity contribution in [2.24, 2.45) is 5.92 Å². The van der Waals surface area contributed by atoms with Crippen LogP contribution >= 0.6 is 0 Å². The molecule has 5 heteroatoms. The van der Waals surface area contributed by atoms with Gasteiger partial charge in [-0.05, 0) is 18.8 Å². The predicted octanol–water partition coefficient (Wildman–Crippen LogP) is 0.440. The van der Waals surface area contributed by atoms with Gasteiger partial charge in [-0.15, -0.1) is 0 Å². The zero-order valence-corrected chi connectivity index (χ0v) is 10.7. The number of nitrogens with one attached hydrogen (secondary N) is 3. The SMILES string of the molecule is c1nc2c([nH]1)CNC(CNCCOCC1CC1)C2. The fourth-order valence-electron chi connectivity index (χ4n) is 2.33. The Kier molecular flexibility index (Phi) is 3.93. The summed E-state index contributed by atoms with van der Waals surface area (Å²) in [6, 6.07) is 0.490. The van der Waals surface area contributed by atoms with Crippen molar-refractivity contribution < 1.29 is 4.74 Å². The second-order valence-electron chi connectivity index (χ2n) is 5.33. The molecular formula is C13H22N4O. The van der Waals surface area contributed by atoms with Crippen LogP contribution in [0.2, 0.25) is 0 Å². The highest BCUT2D eigenvalue weighted by molar-refractivity contribution is 5.15. The quantitative estimate of drug-likeness (QED) is 0.615. The maximum Gasteiger partial charge on any atom is 0.0925 e. The molecule has 1 aromatic heterocycles. The van der Waals surface area contributed by atoms with Crippen LogP contribution in [0.4, 0.5) is 0 Å². The molecule has 1 aliphatic heterocycles. The number of aromatic amines is 1. The molecule has 1 aromatic rings. The summed E-state index contributed by atoms with van der Waals surface area (Å²) in [7, 11) is 0. The standard InChI is InChI=1S/C13H22N4O/c1-2-10(1)8-18-4-3-14-6-11-5-12-13(7-15-11)17-9-16-12/h9-11,14-15H,1-8H2,(H,16,17). The summed E-state index contributed by atoms with van der Waals surface area (Å²) >= 11 is 0. The smallest absolute Gasteiger partial charge is 0.0925 e. The van der Waals surface area contributed by atoms with E-state index in [1.165, 1.54) is 24.2 Å². The van der Waals surface area contributed by atoms with Crippen LogP contribution in [0.5, 0.6) is 0 Å². The molecule has 1 unspecified atom stereocenters. The van der Waals surface area contributed by atoms with Gasteiger partial charge in [-0.1, -0.05) is 0 Å². The number of hydrogen-bond acceptors (Lipinski definition) is 4. The Bertz CT molecular complexity index is 375. The molecule has 1 saturated carbocycles. The molecular weight excluding hydrogens is 228 g/mol. The number of fused-ring (bicyclic) bond motifs is 1. The van der Waals surface area contributed by atoms with Crippen LogP contribution < -0.4 is 10.6 Å². The molecule has 0 aromatic carbocycles. The van der Waals surface area contributed by atoms with E-state index in [-0.39, 0.29) is 0 Å². The minimum Gasteiger partial charge on any atom is -0.380 e. The van der Waals surface area contributed by atoms with Crippen molar-refractivity contribution in [3.05, 3.63) is 17.7 Å². The van der Waals surface area contributed by atoms with Crippen molar-refractivity contribution in [2.45, 2.75) is 31.8 Å². The lowest BCUT2D eigenvalue weighted by atomic mass is 10.1. The molecule has 2 heterocycles. The maximum atomic E-state index is 5.59. The monoisotopic (exact) mass is 250 g/mol. The van der Waals surface area contributed by atoms with E-state index in [1.54, 1.807) is 6.33 Å². The molecule has 100 valence electrons. The first kappa shape index (κ1) is 12.1. The van der Waals surface area contributed by atoms with Crippen LogP contribution in [0.3, 0.4) is 0 Å².